The fourth-order valence-electron chi connectivity index (χ4n) is 2.49. The largest absolute Gasteiger partial charge is 0.404 e. The molecule has 0 aromatic carbocycles. The van der Waals surface area contributed by atoms with Gasteiger partial charge in [-0.2, -0.15) is 0 Å². The summed E-state index contributed by atoms with van der Waals surface area (Å²) >= 11 is 0. The summed E-state index contributed by atoms with van der Waals surface area (Å²) < 4.78 is 6.19. The molecule has 0 aromatic heterocycles. The van der Waals surface area contributed by atoms with Crippen molar-refractivity contribution < 1.29 is 4.43 Å². The highest BCUT2D eigenvalue weighted by Crippen LogP contribution is 2.49. The zero-order chi connectivity index (χ0) is 12.2. The predicted molar refractivity (Wildman–Crippen MR) is 72.9 cm³/mol. The first kappa shape index (κ1) is 13.8. The molecule has 0 spiro atoms. The monoisotopic (exact) mass is 238 g/mol. The molecule has 0 saturated heterocycles. The van der Waals surface area contributed by atoms with E-state index in [2.05, 4.69) is 32.5 Å². The highest BCUT2D eigenvalue weighted by molar-refractivity contribution is 6.69. The highest BCUT2D eigenvalue weighted by Gasteiger charge is 2.44. The van der Waals surface area contributed by atoms with Crippen LogP contribution in [0.25, 0.3) is 0 Å². The maximum absolute atomic E-state index is 6.19. The first-order valence-corrected chi connectivity index (χ1v) is 9.98. The second-order valence-electron chi connectivity index (χ2n) is 6.10. The molecule has 0 aliphatic heterocycles. The summed E-state index contributed by atoms with van der Waals surface area (Å²) in [4.78, 5) is 0. The second-order valence-corrected chi connectivity index (χ2v) is 10.6. The molecule has 1 rings (SSSR count). The minimum absolute atomic E-state index is 0.0690. The van der Waals surface area contributed by atoms with Crippen molar-refractivity contribution in [2.45, 2.75) is 71.2 Å². The Morgan fingerprint density at radius 1 is 1.38 bits per heavy atom. The molecule has 0 amide bonds. The van der Waals surface area contributed by atoms with Crippen LogP contribution in [0.15, 0.2) is 0 Å². The summed E-state index contributed by atoms with van der Waals surface area (Å²) in [5, 5.41) is 0. The molecule has 0 radical (unpaired) electrons. The van der Waals surface area contributed by atoms with Gasteiger partial charge in [-0.05, 0) is 38.9 Å². The van der Waals surface area contributed by atoms with E-state index in [1.807, 2.05) is 0 Å². The number of terminal acetylenes is 1. The Morgan fingerprint density at radius 2 is 2.00 bits per heavy atom. The maximum Gasteiger partial charge on any atom is 0.185 e. The Balaban J connectivity index is 2.65. The predicted octanol–water partition coefficient (Wildman–Crippen LogP) is 4.20. The molecule has 1 unspecified atom stereocenters. The molecule has 0 N–H and O–H groups in total. The molecule has 1 saturated carbocycles. The zero-order valence-electron chi connectivity index (χ0n) is 11.3. The lowest BCUT2D eigenvalue weighted by Crippen LogP contribution is -2.46. The molecule has 0 aromatic rings. The molecule has 1 atom stereocenters. The van der Waals surface area contributed by atoms with Gasteiger partial charge in [0, 0.05) is 5.41 Å². The lowest BCUT2D eigenvalue weighted by Gasteiger charge is -2.47. The topological polar surface area (TPSA) is 9.23 Å². The molecule has 1 fully saturated rings. The van der Waals surface area contributed by atoms with Gasteiger partial charge in [-0.15, -0.1) is 6.42 Å². The van der Waals surface area contributed by atoms with Crippen LogP contribution >= 0.6 is 0 Å². The molecule has 2 heteroatoms. The molecule has 1 aliphatic carbocycles. The SMILES string of the molecule is C#CC(O[Si](C)(C)C)C1(CCCC)CCC1. The molecule has 0 heterocycles. The van der Waals surface area contributed by atoms with Crippen molar-refractivity contribution in [2.75, 3.05) is 0 Å². The van der Waals surface area contributed by atoms with Crippen molar-refractivity contribution >= 4 is 8.32 Å². The lowest BCUT2D eigenvalue weighted by atomic mass is 9.62. The average molecular weight is 238 g/mol. The summed E-state index contributed by atoms with van der Waals surface area (Å²) in [6, 6.07) is 0. The Morgan fingerprint density at radius 3 is 2.31 bits per heavy atom. The molecular formula is C14H26OSi. The molecule has 16 heavy (non-hydrogen) atoms. The van der Waals surface area contributed by atoms with Crippen LogP contribution in [-0.2, 0) is 4.43 Å². The van der Waals surface area contributed by atoms with Gasteiger partial charge in [0.2, 0.25) is 0 Å². The third-order valence-corrected chi connectivity index (χ3v) is 4.50. The van der Waals surface area contributed by atoms with Gasteiger partial charge in [0.05, 0.1) is 0 Å². The van der Waals surface area contributed by atoms with Crippen molar-refractivity contribution in [3.05, 3.63) is 0 Å². The van der Waals surface area contributed by atoms with Gasteiger partial charge in [-0.25, -0.2) is 0 Å². The van der Waals surface area contributed by atoms with E-state index >= 15 is 0 Å². The van der Waals surface area contributed by atoms with Crippen molar-refractivity contribution in [2.24, 2.45) is 5.41 Å². The number of rotatable bonds is 6. The normalized spacial score (nSPS) is 20.9. The van der Waals surface area contributed by atoms with Crippen LogP contribution in [0.4, 0.5) is 0 Å². The average Bonchev–Trinajstić information content (AvgIpc) is 2.12. The fraction of sp³-hybridized carbons (Fsp3) is 0.857. The lowest BCUT2D eigenvalue weighted by molar-refractivity contribution is 0.00209. The van der Waals surface area contributed by atoms with E-state index in [4.69, 9.17) is 10.8 Å². The van der Waals surface area contributed by atoms with Crippen molar-refractivity contribution in [1.29, 1.82) is 0 Å². The van der Waals surface area contributed by atoms with Gasteiger partial charge in [-0.1, -0.05) is 32.1 Å². The van der Waals surface area contributed by atoms with E-state index in [-0.39, 0.29) is 6.10 Å². The van der Waals surface area contributed by atoms with Crippen LogP contribution in [0.1, 0.15) is 45.4 Å². The molecular weight excluding hydrogens is 212 g/mol. The van der Waals surface area contributed by atoms with Crippen molar-refractivity contribution in [3.63, 3.8) is 0 Å². The summed E-state index contributed by atoms with van der Waals surface area (Å²) in [6.45, 7) is 8.92. The van der Waals surface area contributed by atoms with Crippen LogP contribution in [0.5, 0.6) is 0 Å². The van der Waals surface area contributed by atoms with E-state index in [1.54, 1.807) is 0 Å². The highest BCUT2D eigenvalue weighted by atomic mass is 28.4. The maximum atomic E-state index is 6.19. The van der Waals surface area contributed by atoms with Crippen molar-refractivity contribution in [3.8, 4) is 12.3 Å². The van der Waals surface area contributed by atoms with Crippen LogP contribution in [-0.4, -0.2) is 14.4 Å². The van der Waals surface area contributed by atoms with E-state index in [9.17, 15) is 0 Å². The zero-order valence-corrected chi connectivity index (χ0v) is 12.3. The van der Waals surface area contributed by atoms with E-state index in [0.717, 1.165) is 0 Å². The Bertz CT molecular complexity index is 255. The number of hydrogen-bond donors (Lipinski definition) is 0. The third-order valence-electron chi connectivity index (χ3n) is 3.56. The Hall–Kier alpha value is -0.263. The van der Waals surface area contributed by atoms with E-state index in [0.29, 0.717) is 5.41 Å². The van der Waals surface area contributed by atoms with Crippen LogP contribution < -0.4 is 0 Å². The number of hydrogen-bond acceptors (Lipinski definition) is 1. The van der Waals surface area contributed by atoms with Gasteiger partial charge >= 0.3 is 0 Å². The second kappa shape index (κ2) is 5.38. The fourth-order valence-corrected chi connectivity index (χ4v) is 3.52. The van der Waals surface area contributed by atoms with Crippen molar-refractivity contribution in [1.82, 2.24) is 0 Å². The Labute approximate surface area is 102 Å². The molecule has 1 aliphatic rings. The summed E-state index contributed by atoms with van der Waals surface area (Å²) in [7, 11) is -1.52. The molecule has 1 nitrogen and oxygen atoms in total. The minimum atomic E-state index is -1.52. The van der Waals surface area contributed by atoms with Gasteiger partial charge in [0.15, 0.2) is 8.32 Å². The van der Waals surface area contributed by atoms with Crippen LogP contribution in [0.3, 0.4) is 0 Å². The quantitative estimate of drug-likeness (QED) is 0.498. The molecule has 92 valence electrons. The third kappa shape index (κ3) is 3.36. The standard InChI is InChI=1S/C14H26OSi/c1-6-8-10-14(11-9-12-14)13(7-2)15-16(3,4)5/h2,13H,6,8-12H2,1,3-5H3. The van der Waals surface area contributed by atoms with Crippen LogP contribution in [0, 0.1) is 17.8 Å². The van der Waals surface area contributed by atoms with Gasteiger partial charge in [-0.3, -0.25) is 0 Å². The first-order chi connectivity index (χ1) is 7.43. The Kier molecular flexibility index (Phi) is 4.64. The number of unbranched alkanes of at least 4 members (excludes halogenated alkanes) is 1. The first-order valence-electron chi connectivity index (χ1n) is 6.57. The van der Waals surface area contributed by atoms with E-state index < -0.39 is 8.32 Å². The van der Waals surface area contributed by atoms with Gasteiger partial charge in [0.1, 0.15) is 6.10 Å². The minimum Gasteiger partial charge on any atom is -0.404 e. The molecule has 0 bridgehead atoms. The van der Waals surface area contributed by atoms with E-state index in [1.165, 1.54) is 38.5 Å². The summed E-state index contributed by atoms with van der Waals surface area (Å²) in [5.41, 5.74) is 0.324. The van der Waals surface area contributed by atoms with Crippen LogP contribution in [0.2, 0.25) is 19.6 Å². The smallest absolute Gasteiger partial charge is 0.185 e. The summed E-state index contributed by atoms with van der Waals surface area (Å²) in [5.74, 6) is 2.92. The van der Waals surface area contributed by atoms with Gasteiger partial charge < -0.3 is 4.43 Å². The van der Waals surface area contributed by atoms with Gasteiger partial charge in [0.25, 0.3) is 0 Å². The summed E-state index contributed by atoms with van der Waals surface area (Å²) in [6.07, 6.45) is 13.4.